The minimum atomic E-state index is -0.162. The van der Waals surface area contributed by atoms with E-state index in [2.05, 4.69) is 25.9 Å². The topological polar surface area (TPSA) is 71.8 Å². The van der Waals surface area contributed by atoms with Crippen LogP contribution in [0.3, 0.4) is 0 Å². The SMILES string of the molecule is NCc1cc(=O)[nH]c(Cc2cccc(Br)c2)n1. The van der Waals surface area contributed by atoms with Crippen LogP contribution in [0.1, 0.15) is 17.1 Å². The summed E-state index contributed by atoms with van der Waals surface area (Å²) in [6.07, 6.45) is 0.586. The molecule has 0 aliphatic rings. The fraction of sp³-hybridized carbons (Fsp3) is 0.167. The number of H-pyrrole nitrogens is 1. The standard InChI is InChI=1S/C12H12BrN3O/c13-9-3-1-2-8(4-9)5-11-15-10(7-14)6-12(17)16-11/h1-4,6H,5,7,14H2,(H,15,16,17). The molecule has 0 spiro atoms. The Morgan fingerprint density at radius 1 is 1.35 bits per heavy atom. The number of aromatic amines is 1. The molecule has 0 aliphatic heterocycles. The van der Waals surface area contributed by atoms with Gasteiger partial charge in [0.05, 0.1) is 5.69 Å². The minimum absolute atomic E-state index is 0.162. The van der Waals surface area contributed by atoms with E-state index in [-0.39, 0.29) is 12.1 Å². The summed E-state index contributed by atoms with van der Waals surface area (Å²) in [5.74, 6) is 0.635. The van der Waals surface area contributed by atoms with Crippen LogP contribution in [-0.2, 0) is 13.0 Å². The summed E-state index contributed by atoms with van der Waals surface area (Å²) in [5, 5.41) is 0. The van der Waals surface area contributed by atoms with Crippen molar-refractivity contribution in [2.75, 3.05) is 0 Å². The number of nitrogens with zero attached hydrogens (tertiary/aromatic N) is 1. The summed E-state index contributed by atoms with van der Waals surface area (Å²) in [7, 11) is 0. The maximum absolute atomic E-state index is 11.4. The highest BCUT2D eigenvalue weighted by molar-refractivity contribution is 9.10. The van der Waals surface area contributed by atoms with Gasteiger partial charge >= 0.3 is 0 Å². The second-order valence-corrected chi connectivity index (χ2v) is 4.61. The van der Waals surface area contributed by atoms with E-state index >= 15 is 0 Å². The molecule has 88 valence electrons. The monoisotopic (exact) mass is 293 g/mol. The van der Waals surface area contributed by atoms with E-state index in [9.17, 15) is 4.79 Å². The van der Waals surface area contributed by atoms with Gasteiger partial charge in [0.2, 0.25) is 0 Å². The summed E-state index contributed by atoms with van der Waals surface area (Å²) >= 11 is 3.41. The van der Waals surface area contributed by atoms with Crippen molar-refractivity contribution in [3.8, 4) is 0 Å². The number of hydrogen-bond donors (Lipinski definition) is 2. The minimum Gasteiger partial charge on any atom is -0.325 e. The van der Waals surface area contributed by atoms with Gasteiger partial charge in [-0.15, -0.1) is 0 Å². The molecular formula is C12H12BrN3O. The number of nitrogens with two attached hydrogens (primary N) is 1. The Morgan fingerprint density at radius 3 is 2.88 bits per heavy atom. The third-order valence-electron chi connectivity index (χ3n) is 2.31. The molecule has 17 heavy (non-hydrogen) atoms. The molecule has 0 radical (unpaired) electrons. The van der Waals surface area contributed by atoms with Gasteiger partial charge in [0.25, 0.3) is 5.56 Å². The van der Waals surface area contributed by atoms with E-state index in [1.54, 1.807) is 0 Å². The third kappa shape index (κ3) is 3.25. The highest BCUT2D eigenvalue weighted by atomic mass is 79.9. The van der Waals surface area contributed by atoms with Crippen LogP contribution in [-0.4, -0.2) is 9.97 Å². The molecule has 1 aromatic heterocycles. The van der Waals surface area contributed by atoms with Crippen LogP contribution < -0.4 is 11.3 Å². The van der Waals surface area contributed by atoms with E-state index in [0.29, 0.717) is 17.9 Å². The lowest BCUT2D eigenvalue weighted by atomic mass is 10.1. The molecule has 1 aromatic carbocycles. The van der Waals surface area contributed by atoms with Gasteiger partial charge in [-0.2, -0.15) is 0 Å². The van der Waals surface area contributed by atoms with E-state index in [0.717, 1.165) is 10.0 Å². The van der Waals surface area contributed by atoms with Crippen molar-refractivity contribution in [3.63, 3.8) is 0 Å². The molecule has 0 bridgehead atoms. The van der Waals surface area contributed by atoms with Gasteiger partial charge in [0, 0.05) is 23.5 Å². The van der Waals surface area contributed by atoms with Crippen molar-refractivity contribution in [1.29, 1.82) is 0 Å². The maximum Gasteiger partial charge on any atom is 0.251 e. The van der Waals surface area contributed by atoms with Gasteiger partial charge < -0.3 is 10.7 Å². The van der Waals surface area contributed by atoms with Crippen LogP contribution in [0.4, 0.5) is 0 Å². The summed E-state index contributed by atoms with van der Waals surface area (Å²) < 4.78 is 1.01. The zero-order chi connectivity index (χ0) is 12.3. The van der Waals surface area contributed by atoms with Crippen LogP contribution in [0.15, 0.2) is 39.6 Å². The van der Waals surface area contributed by atoms with Crippen molar-refractivity contribution < 1.29 is 0 Å². The normalized spacial score (nSPS) is 10.5. The highest BCUT2D eigenvalue weighted by Gasteiger charge is 2.02. The summed E-state index contributed by atoms with van der Waals surface area (Å²) in [4.78, 5) is 18.4. The molecule has 0 atom stereocenters. The number of benzene rings is 1. The molecule has 0 saturated heterocycles. The first-order valence-electron chi connectivity index (χ1n) is 5.21. The van der Waals surface area contributed by atoms with Crippen LogP contribution in [0.5, 0.6) is 0 Å². The lowest BCUT2D eigenvalue weighted by Crippen LogP contribution is -2.15. The number of nitrogens with one attached hydrogen (secondary N) is 1. The average Bonchev–Trinajstić information content (AvgIpc) is 2.28. The van der Waals surface area contributed by atoms with Gasteiger partial charge in [-0.1, -0.05) is 28.1 Å². The van der Waals surface area contributed by atoms with Gasteiger partial charge in [-0.05, 0) is 17.7 Å². The van der Waals surface area contributed by atoms with Crippen molar-refractivity contribution in [2.45, 2.75) is 13.0 Å². The van der Waals surface area contributed by atoms with Crippen LogP contribution in [0.2, 0.25) is 0 Å². The van der Waals surface area contributed by atoms with E-state index in [4.69, 9.17) is 5.73 Å². The second-order valence-electron chi connectivity index (χ2n) is 3.69. The lowest BCUT2D eigenvalue weighted by molar-refractivity contribution is 0.875. The third-order valence-corrected chi connectivity index (χ3v) is 2.81. The first kappa shape index (κ1) is 12.0. The molecule has 4 nitrogen and oxygen atoms in total. The number of halogens is 1. The lowest BCUT2D eigenvalue weighted by Gasteiger charge is -2.03. The molecule has 1 heterocycles. The van der Waals surface area contributed by atoms with E-state index in [1.807, 2.05) is 24.3 Å². The number of rotatable bonds is 3. The predicted octanol–water partition coefficient (Wildman–Crippen LogP) is 1.58. The highest BCUT2D eigenvalue weighted by Crippen LogP contribution is 2.13. The molecular weight excluding hydrogens is 282 g/mol. The second kappa shape index (κ2) is 5.25. The van der Waals surface area contributed by atoms with Crippen LogP contribution in [0, 0.1) is 0 Å². The van der Waals surface area contributed by atoms with Crippen molar-refractivity contribution in [2.24, 2.45) is 5.73 Å². The largest absolute Gasteiger partial charge is 0.325 e. The molecule has 0 saturated carbocycles. The fourth-order valence-corrected chi connectivity index (χ4v) is 2.04. The first-order chi connectivity index (χ1) is 8.17. The van der Waals surface area contributed by atoms with E-state index in [1.165, 1.54) is 6.07 Å². The van der Waals surface area contributed by atoms with Crippen LogP contribution >= 0.6 is 15.9 Å². The van der Waals surface area contributed by atoms with Crippen molar-refractivity contribution in [3.05, 3.63) is 62.2 Å². The average molecular weight is 294 g/mol. The summed E-state index contributed by atoms with van der Waals surface area (Å²) in [5.41, 5.74) is 7.01. The first-order valence-corrected chi connectivity index (χ1v) is 6.00. The summed E-state index contributed by atoms with van der Waals surface area (Å²) in [6.45, 7) is 0.273. The Morgan fingerprint density at radius 2 is 2.18 bits per heavy atom. The molecule has 0 amide bonds. The molecule has 0 unspecified atom stereocenters. The van der Waals surface area contributed by atoms with Crippen LogP contribution in [0.25, 0.3) is 0 Å². The van der Waals surface area contributed by atoms with Gasteiger partial charge in [0.15, 0.2) is 0 Å². The van der Waals surface area contributed by atoms with Gasteiger partial charge in [-0.25, -0.2) is 4.98 Å². The molecule has 0 fully saturated rings. The van der Waals surface area contributed by atoms with Crippen molar-refractivity contribution in [1.82, 2.24) is 9.97 Å². The summed E-state index contributed by atoms with van der Waals surface area (Å²) in [6, 6.07) is 9.31. The molecule has 2 rings (SSSR count). The van der Waals surface area contributed by atoms with Gasteiger partial charge in [0.1, 0.15) is 5.82 Å². The molecule has 2 aromatic rings. The molecule has 3 N–H and O–H groups in total. The van der Waals surface area contributed by atoms with Gasteiger partial charge in [-0.3, -0.25) is 4.79 Å². The van der Waals surface area contributed by atoms with E-state index < -0.39 is 0 Å². The number of hydrogen-bond acceptors (Lipinski definition) is 3. The van der Waals surface area contributed by atoms with Crippen molar-refractivity contribution >= 4 is 15.9 Å². The quantitative estimate of drug-likeness (QED) is 0.903. The predicted molar refractivity (Wildman–Crippen MR) is 69.7 cm³/mol. The Balaban J connectivity index is 2.29. The Labute approximate surface area is 107 Å². The fourth-order valence-electron chi connectivity index (χ4n) is 1.59. The Bertz CT molecular complexity index is 580. The molecule has 0 aliphatic carbocycles. The smallest absolute Gasteiger partial charge is 0.251 e. The molecule has 5 heteroatoms. The zero-order valence-electron chi connectivity index (χ0n) is 9.11. The Hall–Kier alpha value is -1.46. The Kier molecular flexibility index (Phi) is 3.71. The zero-order valence-corrected chi connectivity index (χ0v) is 10.7. The maximum atomic E-state index is 11.4. The number of aromatic nitrogens is 2.